The molecule has 1 aliphatic rings. The molecule has 0 bridgehead atoms. The molecule has 3 heterocycles. The van der Waals surface area contributed by atoms with Gasteiger partial charge in [0.2, 0.25) is 11.8 Å². The van der Waals surface area contributed by atoms with Gasteiger partial charge in [-0.25, -0.2) is 4.68 Å². The van der Waals surface area contributed by atoms with Crippen LogP contribution in [0, 0.1) is 0 Å². The highest BCUT2D eigenvalue weighted by molar-refractivity contribution is 8.00. The van der Waals surface area contributed by atoms with Gasteiger partial charge in [-0.05, 0) is 54.6 Å². The molecule has 1 atom stereocenters. The average molecular weight is 636 g/mol. The fraction of sp³-hybridized carbons (Fsp3) is 0.200. The maximum absolute atomic E-state index is 14.1. The highest BCUT2D eigenvalue weighted by Crippen LogP contribution is 2.51. The predicted octanol–water partition coefficient (Wildman–Crippen LogP) is 5.45. The summed E-state index contributed by atoms with van der Waals surface area (Å²) in [6.07, 6.45) is 1.68. The lowest BCUT2D eigenvalue weighted by atomic mass is 9.98. The third-order valence-corrected chi connectivity index (χ3v) is 8.90. The standard InChI is InChI=1S/C35H33N5O5S/c1-43-26-14-12-25(13-15-26)40-35-32(33(38-40)23-9-5-4-6-10-23)34(28-19-27(44-2)16-17-29(28)45-3)46-22-31(42)39(35)21-30(41)37-20-24-11-7-8-18-36-24/h4-19,34H,20-22H2,1-3H3,(H,37,41). The van der Waals surface area contributed by atoms with Crippen LogP contribution in [-0.4, -0.2) is 60.2 Å². The summed E-state index contributed by atoms with van der Waals surface area (Å²) < 4.78 is 18.6. The fourth-order valence-electron chi connectivity index (χ4n) is 5.41. The number of anilines is 1. The second-order valence-electron chi connectivity index (χ2n) is 10.4. The van der Waals surface area contributed by atoms with Gasteiger partial charge in [-0.2, -0.15) is 5.10 Å². The first-order valence-corrected chi connectivity index (χ1v) is 15.7. The molecule has 1 N–H and O–H groups in total. The molecule has 1 aliphatic heterocycles. The van der Waals surface area contributed by atoms with Gasteiger partial charge in [0.05, 0.1) is 56.0 Å². The number of hydrogen-bond acceptors (Lipinski definition) is 8. The third-order valence-electron chi connectivity index (χ3n) is 7.67. The molecule has 0 saturated carbocycles. The first kappa shape index (κ1) is 30.7. The summed E-state index contributed by atoms with van der Waals surface area (Å²) >= 11 is 1.46. The maximum Gasteiger partial charge on any atom is 0.240 e. The van der Waals surface area contributed by atoms with E-state index in [0.717, 1.165) is 16.7 Å². The van der Waals surface area contributed by atoms with Crippen LogP contribution in [0.3, 0.4) is 0 Å². The molecule has 0 radical (unpaired) electrons. The molecule has 234 valence electrons. The van der Waals surface area contributed by atoms with Crippen LogP contribution < -0.4 is 24.4 Å². The topological polar surface area (TPSA) is 108 Å². The number of rotatable bonds is 10. The molecule has 1 unspecified atom stereocenters. The third kappa shape index (κ3) is 6.27. The Morgan fingerprint density at radius 2 is 1.65 bits per heavy atom. The molecule has 0 saturated heterocycles. The lowest BCUT2D eigenvalue weighted by Gasteiger charge is -2.23. The monoisotopic (exact) mass is 635 g/mol. The van der Waals surface area contributed by atoms with Crippen LogP contribution in [0.4, 0.5) is 5.82 Å². The zero-order valence-corrected chi connectivity index (χ0v) is 26.5. The zero-order chi connectivity index (χ0) is 32.0. The number of thioether (sulfide) groups is 1. The number of amides is 2. The van der Waals surface area contributed by atoms with Crippen molar-refractivity contribution in [1.29, 1.82) is 0 Å². The second kappa shape index (κ2) is 13.8. The second-order valence-corrected chi connectivity index (χ2v) is 11.5. The van der Waals surface area contributed by atoms with Crippen LogP contribution >= 0.6 is 11.8 Å². The van der Waals surface area contributed by atoms with E-state index in [1.165, 1.54) is 16.7 Å². The van der Waals surface area contributed by atoms with Gasteiger partial charge in [0, 0.05) is 22.9 Å². The van der Waals surface area contributed by atoms with Crippen molar-refractivity contribution >= 4 is 29.4 Å². The molecular formula is C35H33N5O5S. The van der Waals surface area contributed by atoms with Crippen LogP contribution in [0.25, 0.3) is 16.9 Å². The minimum Gasteiger partial charge on any atom is -0.497 e. The first-order valence-electron chi connectivity index (χ1n) is 14.6. The van der Waals surface area contributed by atoms with Gasteiger partial charge in [0.25, 0.3) is 0 Å². The molecule has 3 aromatic carbocycles. The normalized spacial score (nSPS) is 14.3. The Morgan fingerprint density at radius 1 is 0.913 bits per heavy atom. The number of carbonyl (C=O) groups is 2. The number of hydrogen-bond donors (Lipinski definition) is 1. The van der Waals surface area contributed by atoms with Crippen LogP contribution in [0.15, 0.2) is 97.2 Å². The van der Waals surface area contributed by atoms with E-state index in [4.69, 9.17) is 19.3 Å². The van der Waals surface area contributed by atoms with Crippen LogP contribution in [0.2, 0.25) is 0 Å². The number of nitrogens with zero attached hydrogens (tertiary/aromatic N) is 4. The fourth-order valence-corrected chi connectivity index (χ4v) is 6.63. The van der Waals surface area contributed by atoms with Gasteiger partial charge in [-0.1, -0.05) is 36.4 Å². The van der Waals surface area contributed by atoms with E-state index < -0.39 is 5.25 Å². The van der Waals surface area contributed by atoms with E-state index in [9.17, 15) is 9.59 Å². The summed E-state index contributed by atoms with van der Waals surface area (Å²) in [4.78, 5) is 33.4. The quantitative estimate of drug-likeness (QED) is 0.216. The number of aromatic nitrogens is 3. The van der Waals surface area contributed by atoms with Crippen molar-refractivity contribution in [3.63, 3.8) is 0 Å². The summed E-state index contributed by atoms with van der Waals surface area (Å²) in [7, 11) is 4.84. The van der Waals surface area contributed by atoms with Crippen molar-refractivity contribution in [2.45, 2.75) is 11.8 Å². The van der Waals surface area contributed by atoms with Gasteiger partial charge < -0.3 is 19.5 Å². The number of pyridine rings is 1. The summed E-state index contributed by atoms with van der Waals surface area (Å²) in [5.74, 6) is 2.06. The molecule has 46 heavy (non-hydrogen) atoms. The Morgan fingerprint density at radius 3 is 2.35 bits per heavy atom. The summed E-state index contributed by atoms with van der Waals surface area (Å²) in [5.41, 5.74) is 4.58. The van der Waals surface area contributed by atoms with Crippen LogP contribution in [-0.2, 0) is 16.1 Å². The Hall–Kier alpha value is -5.29. The number of benzene rings is 3. The molecule has 2 aromatic heterocycles. The molecule has 6 rings (SSSR count). The van der Waals surface area contributed by atoms with Gasteiger partial charge in [0.15, 0.2) is 0 Å². The largest absolute Gasteiger partial charge is 0.497 e. The molecule has 11 heteroatoms. The number of fused-ring (bicyclic) bond motifs is 1. The van der Waals surface area contributed by atoms with Gasteiger partial charge >= 0.3 is 0 Å². The van der Waals surface area contributed by atoms with Gasteiger partial charge in [-0.15, -0.1) is 11.8 Å². The van der Waals surface area contributed by atoms with Crippen molar-refractivity contribution in [2.75, 3.05) is 38.5 Å². The molecule has 0 fully saturated rings. The molecule has 10 nitrogen and oxygen atoms in total. The van der Waals surface area contributed by atoms with E-state index in [1.807, 2.05) is 91.0 Å². The molecule has 5 aromatic rings. The van der Waals surface area contributed by atoms with Gasteiger partial charge in [0.1, 0.15) is 29.6 Å². The molecule has 0 aliphatic carbocycles. The Bertz CT molecular complexity index is 1830. The Labute approximate surface area is 271 Å². The number of carbonyl (C=O) groups excluding carboxylic acids is 2. The Kier molecular flexibility index (Phi) is 9.20. The van der Waals surface area contributed by atoms with Gasteiger partial charge in [-0.3, -0.25) is 19.5 Å². The average Bonchev–Trinajstić information content (AvgIpc) is 3.44. The smallest absolute Gasteiger partial charge is 0.240 e. The van der Waals surface area contributed by atoms with Crippen molar-refractivity contribution < 1.29 is 23.8 Å². The van der Waals surface area contributed by atoms with E-state index in [-0.39, 0.29) is 30.7 Å². The predicted molar refractivity (Wildman–Crippen MR) is 178 cm³/mol. The Balaban J connectivity index is 1.55. The summed E-state index contributed by atoms with van der Waals surface area (Å²) in [6, 6.07) is 28.4. The first-order chi connectivity index (χ1) is 22.5. The molecule has 2 amide bonds. The zero-order valence-electron chi connectivity index (χ0n) is 25.7. The van der Waals surface area contributed by atoms with Crippen molar-refractivity contribution in [1.82, 2.24) is 20.1 Å². The highest BCUT2D eigenvalue weighted by atomic mass is 32.2. The van der Waals surface area contributed by atoms with Crippen molar-refractivity contribution in [2.24, 2.45) is 0 Å². The van der Waals surface area contributed by atoms with Crippen molar-refractivity contribution in [3.8, 4) is 34.2 Å². The molecule has 0 spiro atoms. The minimum atomic E-state index is -0.396. The summed E-state index contributed by atoms with van der Waals surface area (Å²) in [6.45, 7) is 0.0250. The van der Waals surface area contributed by atoms with Crippen molar-refractivity contribution in [3.05, 3.63) is 114 Å². The highest BCUT2D eigenvalue weighted by Gasteiger charge is 2.38. The number of ether oxygens (including phenoxy) is 3. The van der Waals surface area contributed by atoms with E-state index in [0.29, 0.717) is 40.1 Å². The maximum atomic E-state index is 14.1. The summed E-state index contributed by atoms with van der Waals surface area (Å²) in [5, 5.41) is 7.67. The number of nitrogens with one attached hydrogen (secondary N) is 1. The SMILES string of the molecule is COc1ccc(-n2nc(-c3ccccc3)c3c2N(CC(=O)NCc2ccccn2)C(=O)CSC3c2cc(OC)ccc2OC)cc1. The lowest BCUT2D eigenvalue weighted by molar-refractivity contribution is -0.123. The van der Waals surface area contributed by atoms with Crippen LogP contribution in [0.5, 0.6) is 17.2 Å². The minimum absolute atomic E-state index is 0.115. The van der Waals surface area contributed by atoms with E-state index in [1.54, 1.807) is 32.2 Å². The van der Waals surface area contributed by atoms with E-state index >= 15 is 0 Å². The lowest BCUT2D eigenvalue weighted by Crippen LogP contribution is -2.42. The molecular weight excluding hydrogens is 602 g/mol. The van der Waals surface area contributed by atoms with E-state index in [2.05, 4.69) is 10.3 Å². The number of methoxy groups -OCH3 is 3. The van der Waals surface area contributed by atoms with Crippen LogP contribution in [0.1, 0.15) is 22.1 Å².